The van der Waals surface area contributed by atoms with Crippen LogP contribution in [-0.2, 0) is 13.8 Å². The van der Waals surface area contributed by atoms with Gasteiger partial charge in [0.15, 0.2) is 0 Å². The van der Waals surface area contributed by atoms with Crippen molar-refractivity contribution in [2.75, 3.05) is 58.6 Å². The molecule has 0 atom stereocenters. The van der Waals surface area contributed by atoms with Crippen molar-refractivity contribution in [1.82, 2.24) is 4.90 Å². The zero-order valence-corrected chi connectivity index (χ0v) is 12.0. The van der Waals surface area contributed by atoms with Crippen LogP contribution in [0.15, 0.2) is 0 Å². The van der Waals surface area contributed by atoms with Gasteiger partial charge in [-0.15, -0.1) is 0 Å². The molecule has 0 unspecified atom stereocenters. The first-order valence-electron chi connectivity index (χ1n) is 6.45. The summed E-state index contributed by atoms with van der Waals surface area (Å²) >= 11 is 0. The molecule has 0 radical (unpaired) electrons. The molecule has 0 bridgehead atoms. The Labute approximate surface area is 105 Å². The molecule has 1 fully saturated rings. The third-order valence-corrected chi connectivity index (χ3v) is 6.40. The second-order valence-corrected chi connectivity index (χ2v) is 7.35. The molecule has 0 amide bonds. The predicted octanol–water partition coefficient (Wildman–Crippen LogP) is 0.921. The van der Waals surface area contributed by atoms with Gasteiger partial charge in [0, 0.05) is 0 Å². The van der Waals surface area contributed by atoms with Crippen molar-refractivity contribution in [3.63, 3.8) is 0 Å². The van der Waals surface area contributed by atoms with E-state index in [0.717, 1.165) is 32.2 Å². The molecule has 5 nitrogen and oxygen atoms in total. The molecular weight excluding hydrogens is 241 g/mol. The van der Waals surface area contributed by atoms with Crippen LogP contribution in [0.5, 0.6) is 0 Å². The molecule has 0 spiro atoms. The number of hydrogen-bond acceptors (Lipinski definition) is 5. The van der Waals surface area contributed by atoms with E-state index in [-0.39, 0.29) is 6.61 Å². The first kappa shape index (κ1) is 15.3. The van der Waals surface area contributed by atoms with Crippen LogP contribution in [0.4, 0.5) is 0 Å². The van der Waals surface area contributed by atoms with E-state index in [2.05, 4.69) is 4.90 Å². The monoisotopic (exact) mass is 267 g/mol. The van der Waals surface area contributed by atoms with Gasteiger partial charge in [-0.1, -0.05) is 0 Å². The van der Waals surface area contributed by atoms with Crippen LogP contribution in [0, 0.1) is 0 Å². The fourth-order valence-electron chi connectivity index (χ4n) is 2.16. The van der Waals surface area contributed by atoms with Crippen molar-refractivity contribution in [3.8, 4) is 0 Å². The van der Waals surface area contributed by atoms with Crippen molar-refractivity contribution in [1.29, 1.82) is 0 Å². The molecule has 1 saturated heterocycles. The average Bonchev–Trinajstić information content (AvgIpc) is 2.26. The molecule has 6 heteroatoms. The van der Waals surface area contributed by atoms with Crippen LogP contribution in [0.2, 0.25) is 0 Å². The molecule has 1 aliphatic heterocycles. The molecule has 1 aliphatic rings. The number of aliphatic hydroxyl groups excluding tert-OH is 1. The summed E-state index contributed by atoms with van der Waals surface area (Å²) < 4.78 is 17.4. The molecule has 1 heterocycles. The fourth-order valence-corrected chi connectivity index (χ4v) is 5.38. The zero-order chi connectivity index (χ0) is 12.6. The Kier molecular flexibility index (Phi) is 7.51. The molecule has 0 aliphatic carbocycles. The van der Waals surface area contributed by atoms with E-state index in [1.54, 1.807) is 0 Å². The second-order valence-electron chi connectivity index (χ2n) is 4.14. The van der Waals surface area contributed by atoms with Crippen LogP contribution in [-0.4, -0.2) is 68.6 Å². The topological polar surface area (TPSA) is 51.2 Å². The molecule has 17 heavy (non-hydrogen) atoms. The first-order valence-corrected chi connectivity index (χ1v) is 8.68. The third-order valence-electron chi connectivity index (χ3n) is 2.87. The molecule has 1 N–H and O–H groups in total. The van der Waals surface area contributed by atoms with Crippen molar-refractivity contribution >= 4 is 7.72 Å². The summed E-state index contributed by atoms with van der Waals surface area (Å²) in [4.78, 5) is 2.19. The van der Waals surface area contributed by atoms with Gasteiger partial charge in [0.1, 0.15) is 0 Å². The minimum atomic E-state index is -2.18. The molecule has 0 aromatic heterocycles. The summed E-state index contributed by atoms with van der Waals surface area (Å²) in [6, 6.07) is 0. The maximum absolute atomic E-state index is 9.06. The minimum absolute atomic E-state index is 0.169. The summed E-state index contributed by atoms with van der Waals surface area (Å²) in [6.45, 7) is 8.49. The van der Waals surface area contributed by atoms with Crippen LogP contribution in [0.25, 0.3) is 0 Å². The molecule has 1 rings (SSSR count). The fraction of sp³-hybridized carbons (Fsp3) is 1.00. The van der Waals surface area contributed by atoms with Gasteiger partial charge in [0.2, 0.25) is 0 Å². The van der Waals surface area contributed by atoms with Gasteiger partial charge < -0.3 is 0 Å². The van der Waals surface area contributed by atoms with Crippen molar-refractivity contribution < 1.29 is 18.9 Å². The number of nitrogens with zero attached hydrogens (tertiary/aromatic N) is 1. The van der Waals surface area contributed by atoms with Gasteiger partial charge in [-0.25, -0.2) is 0 Å². The Morgan fingerprint density at radius 2 is 1.94 bits per heavy atom. The zero-order valence-electron chi connectivity index (χ0n) is 11.0. The summed E-state index contributed by atoms with van der Waals surface area (Å²) in [5, 5.41) is 9.06. The Hall–Kier alpha value is 0.230. The van der Waals surface area contributed by atoms with Crippen LogP contribution in [0.3, 0.4) is 0 Å². The van der Waals surface area contributed by atoms with E-state index in [9.17, 15) is 0 Å². The first-order chi connectivity index (χ1) is 8.26. The Morgan fingerprint density at radius 1 is 1.24 bits per heavy atom. The van der Waals surface area contributed by atoms with Gasteiger partial charge in [-0.05, 0) is 0 Å². The number of aliphatic hydroxyl groups is 1. The summed E-state index contributed by atoms with van der Waals surface area (Å²) in [6.07, 6.45) is 1.70. The molecule has 0 aromatic carbocycles. The summed E-state index contributed by atoms with van der Waals surface area (Å²) in [7, 11) is -2.18. The second kappa shape index (κ2) is 8.35. The van der Waals surface area contributed by atoms with Crippen LogP contribution < -0.4 is 0 Å². The van der Waals surface area contributed by atoms with E-state index in [4.69, 9.17) is 18.9 Å². The Balaban J connectivity index is 2.66. The van der Waals surface area contributed by atoms with Crippen LogP contribution in [0.1, 0.15) is 13.8 Å². The van der Waals surface area contributed by atoms with Crippen molar-refractivity contribution in [2.45, 2.75) is 13.8 Å². The summed E-state index contributed by atoms with van der Waals surface area (Å²) in [5.74, 6) is 0. The normalized spacial score (nSPS) is 23.9. The predicted molar refractivity (Wildman–Crippen MR) is 70.8 cm³/mol. The number of β-amino-alcohol motifs (C(OH)–C–C–N with tert-alkyl or cyclic N) is 1. The van der Waals surface area contributed by atoms with E-state index in [0.29, 0.717) is 19.8 Å². The number of ether oxygens (including phenoxy) is 1. The standard InChI is InChI=1S/C11H26NO4P/c1-3-15-17(16-4-2)10-9-14-8-6-12(11-17)5-7-13/h13,17H,3-11H2,1-2H3. The molecule has 0 saturated carbocycles. The van der Waals surface area contributed by atoms with E-state index >= 15 is 0 Å². The van der Waals surface area contributed by atoms with Gasteiger partial charge in [-0.3, -0.25) is 0 Å². The number of rotatable bonds is 6. The molecular formula is C11H26NO4P. The van der Waals surface area contributed by atoms with Gasteiger partial charge >= 0.3 is 104 Å². The quantitative estimate of drug-likeness (QED) is 0.725. The maximum atomic E-state index is 9.06. The number of hydrogen-bond donors (Lipinski definition) is 1. The van der Waals surface area contributed by atoms with E-state index in [1.807, 2.05) is 13.8 Å². The molecule has 0 aromatic rings. The van der Waals surface area contributed by atoms with Gasteiger partial charge in [-0.2, -0.15) is 0 Å². The van der Waals surface area contributed by atoms with Gasteiger partial charge in [0.25, 0.3) is 0 Å². The SMILES string of the molecule is CCO[PH]1(OCC)CCOCCN(CCO)C1. The Morgan fingerprint density at radius 3 is 2.53 bits per heavy atom. The average molecular weight is 267 g/mol. The van der Waals surface area contributed by atoms with Crippen molar-refractivity contribution in [2.24, 2.45) is 0 Å². The third kappa shape index (κ3) is 5.16. The van der Waals surface area contributed by atoms with E-state index < -0.39 is 7.72 Å². The van der Waals surface area contributed by atoms with Gasteiger partial charge in [0.05, 0.1) is 0 Å². The molecule has 104 valence electrons. The van der Waals surface area contributed by atoms with Crippen molar-refractivity contribution in [3.05, 3.63) is 0 Å². The summed E-state index contributed by atoms with van der Waals surface area (Å²) in [5.41, 5.74) is 0. The Bertz CT molecular complexity index is 200. The van der Waals surface area contributed by atoms with E-state index in [1.165, 1.54) is 0 Å². The van der Waals surface area contributed by atoms with Crippen LogP contribution >= 0.6 is 7.72 Å².